The second kappa shape index (κ2) is 6.57. The van der Waals surface area contributed by atoms with Gasteiger partial charge in [-0.2, -0.15) is 0 Å². The highest BCUT2D eigenvalue weighted by Gasteiger charge is 2.04. The van der Waals surface area contributed by atoms with Crippen molar-refractivity contribution in [3.8, 4) is 0 Å². The van der Waals surface area contributed by atoms with Crippen molar-refractivity contribution >= 4 is 11.0 Å². The Morgan fingerprint density at radius 3 is 2.94 bits per heavy atom. The second-order valence-electron chi connectivity index (χ2n) is 4.50. The van der Waals surface area contributed by atoms with Crippen molar-refractivity contribution in [3.63, 3.8) is 0 Å². The van der Waals surface area contributed by atoms with Gasteiger partial charge in [-0.3, -0.25) is 0 Å². The highest BCUT2D eigenvalue weighted by molar-refractivity contribution is 5.78. The quantitative estimate of drug-likeness (QED) is 0.763. The maximum Gasteiger partial charge on any atom is 0.134 e. The first-order chi connectivity index (χ1) is 8.83. The molecule has 3 heteroatoms. The van der Waals surface area contributed by atoms with E-state index in [4.69, 9.17) is 9.15 Å². The fourth-order valence-electron chi connectivity index (χ4n) is 2.00. The van der Waals surface area contributed by atoms with Gasteiger partial charge in [-0.15, -0.1) is 0 Å². The third kappa shape index (κ3) is 3.34. The van der Waals surface area contributed by atoms with Crippen LogP contribution >= 0.6 is 0 Å². The zero-order valence-electron chi connectivity index (χ0n) is 11.2. The molecule has 0 aliphatic rings. The Balaban J connectivity index is 2.07. The van der Waals surface area contributed by atoms with Gasteiger partial charge in [0.15, 0.2) is 0 Å². The van der Waals surface area contributed by atoms with Gasteiger partial charge in [-0.1, -0.05) is 13.0 Å². The van der Waals surface area contributed by atoms with Crippen molar-refractivity contribution < 1.29 is 9.15 Å². The molecule has 0 fully saturated rings. The molecule has 2 rings (SSSR count). The van der Waals surface area contributed by atoms with Crippen LogP contribution in [0.5, 0.6) is 0 Å². The molecule has 2 aromatic rings. The lowest BCUT2D eigenvalue weighted by molar-refractivity contribution is 0.202. The van der Waals surface area contributed by atoms with Gasteiger partial charge in [0.1, 0.15) is 11.3 Å². The van der Waals surface area contributed by atoms with E-state index in [9.17, 15) is 0 Å². The van der Waals surface area contributed by atoms with Crippen LogP contribution in [0.2, 0.25) is 0 Å². The Morgan fingerprint density at radius 1 is 1.28 bits per heavy atom. The molecule has 0 saturated carbocycles. The summed E-state index contributed by atoms with van der Waals surface area (Å²) in [6.45, 7) is 4.74. The maximum atomic E-state index is 5.78. The molecule has 18 heavy (non-hydrogen) atoms. The molecule has 0 aliphatic carbocycles. The second-order valence-corrected chi connectivity index (χ2v) is 4.50. The van der Waals surface area contributed by atoms with E-state index >= 15 is 0 Å². The van der Waals surface area contributed by atoms with Crippen LogP contribution in [0.15, 0.2) is 28.7 Å². The van der Waals surface area contributed by atoms with Crippen LogP contribution in [-0.2, 0) is 17.7 Å². The number of furan rings is 1. The Morgan fingerprint density at radius 2 is 2.17 bits per heavy atom. The molecule has 0 unspecified atom stereocenters. The van der Waals surface area contributed by atoms with E-state index in [-0.39, 0.29) is 0 Å². The van der Waals surface area contributed by atoms with Crippen molar-refractivity contribution in [1.82, 2.24) is 5.32 Å². The molecule has 0 aliphatic heterocycles. The van der Waals surface area contributed by atoms with E-state index in [0.717, 1.165) is 43.9 Å². The minimum absolute atomic E-state index is 0.758. The number of ether oxygens (including phenoxy) is 1. The minimum Gasteiger partial charge on any atom is -0.460 e. The van der Waals surface area contributed by atoms with Crippen molar-refractivity contribution in [2.75, 3.05) is 20.3 Å². The van der Waals surface area contributed by atoms with E-state index in [1.165, 1.54) is 10.9 Å². The molecule has 1 aromatic heterocycles. The number of hydrogen-bond donors (Lipinski definition) is 1. The van der Waals surface area contributed by atoms with Gasteiger partial charge in [-0.25, -0.2) is 0 Å². The predicted molar refractivity (Wildman–Crippen MR) is 73.8 cm³/mol. The van der Waals surface area contributed by atoms with Gasteiger partial charge in [0.05, 0.1) is 13.2 Å². The zero-order chi connectivity index (χ0) is 12.8. The molecule has 0 amide bonds. The van der Waals surface area contributed by atoms with E-state index < -0.39 is 0 Å². The molecule has 98 valence electrons. The fraction of sp³-hybridized carbons (Fsp3) is 0.467. The molecule has 0 bridgehead atoms. The van der Waals surface area contributed by atoms with Crippen LogP contribution in [-0.4, -0.2) is 20.3 Å². The van der Waals surface area contributed by atoms with Crippen molar-refractivity contribution in [2.24, 2.45) is 0 Å². The smallest absolute Gasteiger partial charge is 0.134 e. The molecule has 0 spiro atoms. The summed E-state index contributed by atoms with van der Waals surface area (Å²) in [5.41, 5.74) is 2.25. The third-order valence-electron chi connectivity index (χ3n) is 2.95. The third-order valence-corrected chi connectivity index (χ3v) is 2.95. The van der Waals surface area contributed by atoms with Crippen LogP contribution in [0.3, 0.4) is 0 Å². The number of methoxy groups -OCH3 is 1. The Kier molecular flexibility index (Phi) is 4.79. The monoisotopic (exact) mass is 247 g/mol. The first-order valence-corrected chi connectivity index (χ1v) is 6.54. The van der Waals surface area contributed by atoms with Gasteiger partial charge in [0, 0.05) is 12.5 Å². The van der Waals surface area contributed by atoms with E-state index in [1.807, 2.05) is 6.07 Å². The lowest BCUT2D eigenvalue weighted by Gasteiger charge is -1.99. The molecule has 1 aromatic carbocycles. The van der Waals surface area contributed by atoms with E-state index in [0.29, 0.717) is 0 Å². The largest absolute Gasteiger partial charge is 0.460 e. The van der Waals surface area contributed by atoms with Crippen molar-refractivity contribution in [1.29, 1.82) is 0 Å². The first-order valence-electron chi connectivity index (χ1n) is 6.54. The van der Waals surface area contributed by atoms with Crippen LogP contribution in [0.4, 0.5) is 0 Å². The van der Waals surface area contributed by atoms with E-state index in [1.54, 1.807) is 7.11 Å². The van der Waals surface area contributed by atoms with E-state index in [2.05, 4.69) is 30.4 Å². The number of benzene rings is 1. The predicted octanol–water partition coefficient (Wildman–Crippen LogP) is 3.12. The SMILES string of the molecule is CCCNCc1cc2cc(CCOC)ccc2o1. The van der Waals surface area contributed by atoms with Crippen LogP contribution in [0.1, 0.15) is 24.7 Å². The summed E-state index contributed by atoms with van der Waals surface area (Å²) in [7, 11) is 1.73. The average Bonchev–Trinajstić information content (AvgIpc) is 2.78. The summed E-state index contributed by atoms with van der Waals surface area (Å²) in [6, 6.07) is 8.45. The summed E-state index contributed by atoms with van der Waals surface area (Å²) in [6.07, 6.45) is 2.09. The van der Waals surface area contributed by atoms with Gasteiger partial charge in [-0.05, 0) is 43.1 Å². The van der Waals surface area contributed by atoms with Crippen molar-refractivity contribution in [2.45, 2.75) is 26.3 Å². The van der Waals surface area contributed by atoms with Gasteiger partial charge < -0.3 is 14.5 Å². The average molecular weight is 247 g/mol. The lowest BCUT2D eigenvalue weighted by atomic mass is 10.1. The minimum atomic E-state index is 0.758. The Hall–Kier alpha value is -1.32. The summed E-state index contributed by atoms with van der Waals surface area (Å²) < 4.78 is 10.9. The van der Waals surface area contributed by atoms with Crippen LogP contribution in [0, 0.1) is 0 Å². The molecule has 1 heterocycles. The molecule has 3 nitrogen and oxygen atoms in total. The first kappa shape index (κ1) is 13.1. The molecule has 0 atom stereocenters. The Bertz CT molecular complexity index is 490. The Labute approximate surface area is 108 Å². The molecule has 1 N–H and O–H groups in total. The lowest BCUT2D eigenvalue weighted by Crippen LogP contribution is -2.12. The molecule has 0 radical (unpaired) electrons. The van der Waals surface area contributed by atoms with Gasteiger partial charge in [0.2, 0.25) is 0 Å². The standard InChI is InChI=1S/C15H21NO2/c1-3-7-16-11-14-10-13-9-12(6-8-17-2)4-5-15(13)18-14/h4-5,9-10,16H,3,6-8,11H2,1-2H3. The summed E-state index contributed by atoms with van der Waals surface area (Å²) >= 11 is 0. The topological polar surface area (TPSA) is 34.4 Å². The van der Waals surface area contributed by atoms with Gasteiger partial charge in [0.25, 0.3) is 0 Å². The maximum absolute atomic E-state index is 5.78. The molecular formula is C15H21NO2. The number of nitrogens with one attached hydrogen (secondary N) is 1. The highest BCUT2D eigenvalue weighted by atomic mass is 16.5. The summed E-state index contributed by atoms with van der Waals surface area (Å²) in [5, 5.41) is 4.53. The number of hydrogen-bond acceptors (Lipinski definition) is 3. The van der Waals surface area contributed by atoms with Gasteiger partial charge >= 0.3 is 0 Å². The van der Waals surface area contributed by atoms with Crippen LogP contribution in [0.25, 0.3) is 11.0 Å². The van der Waals surface area contributed by atoms with Crippen LogP contribution < -0.4 is 5.32 Å². The summed E-state index contributed by atoms with van der Waals surface area (Å²) in [5.74, 6) is 1.00. The summed E-state index contributed by atoms with van der Waals surface area (Å²) in [4.78, 5) is 0. The zero-order valence-corrected chi connectivity index (χ0v) is 11.2. The number of fused-ring (bicyclic) bond motifs is 1. The molecular weight excluding hydrogens is 226 g/mol. The highest BCUT2D eigenvalue weighted by Crippen LogP contribution is 2.21. The normalized spacial score (nSPS) is 11.2. The number of rotatable bonds is 7. The molecule has 0 saturated heterocycles. The van der Waals surface area contributed by atoms with Crippen molar-refractivity contribution in [3.05, 3.63) is 35.6 Å². The fourth-order valence-corrected chi connectivity index (χ4v) is 2.00.